The minimum atomic E-state index is -5.58. The lowest BCUT2D eigenvalue weighted by Crippen LogP contribution is -2.40. The van der Waals surface area contributed by atoms with Crippen molar-refractivity contribution in [2.45, 2.75) is 0 Å². The largest absolute Gasteiger partial charge is 0.424 e. The Morgan fingerprint density at radius 3 is 1.88 bits per heavy atom. The van der Waals surface area contributed by atoms with Crippen LogP contribution in [0, 0.1) is 0 Å². The van der Waals surface area contributed by atoms with E-state index in [0.717, 1.165) is 4.67 Å². The second-order valence-corrected chi connectivity index (χ2v) is 8.90. The van der Waals surface area contributed by atoms with Crippen LogP contribution in [0.4, 0.5) is 21.0 Å². The number of rotatable bonds is 1. The molecule has 2 aliphatic rings. The van der Waals surface area contributed by atoms with Gasteiger partial charge in [-0.15, -0.1) is 30.3 Å². The van der Waals surface area contributed by atoms with Crippen molar-refractivity contribution in [2.75, 3.05) is 26.2 Å². The van der Waals surface area contributed by atoms with Gasteiger partial charge in [0.15, 0.2) is 0 Å². The lowest BCUT2D eigenvalue weighted by atomic mass is 10.4. The van der Waals surface area contributed by atoms with Crippen LogP contribution in [0.25, 0.3) is 0 Å². The van der Waals surface area contributed by atoms with Gasteiger partial charge in [0.25, 0.3) is 0 Å². The third kappa shape index (κ3) is 3.18. The fourth-order valence-corrected chi connectivity index (χ4v) is 7.71. The molecule has 1 N–H and O–H groups in total. The standard InChI is InChI=1S/C4H9F5N5P3/c5-15(6)11-16(7,8)13-17(9,12-15)14-3-1-10-2-4-14/h10H,1-4H2. The Morgan fingerprint density at radius 2 is 1.35 bits per heavy atom. The summed E-state index contributed by atoms with van der Waals surface area (Å²) in [7, 11) is -15.8. The molecule has 0 saturated carbocycles. The van der Waals surface area contributed by atoms with E-state index in [1.807, 2.05) is 4.52 Å². The van der Waals surface area contributed by atoms with Gasteiger partial charge in [0.2, 0.25) is 0 Å². The molecule has 5 nitrogen and oxygen atoms in total. The third-order valence-corrected chi connectivity index (χ3v) is 8.50. The normalized spacial score (nSPS) is 36.5. The first-order valence-corrected chi connectivity index (χ1v) is 9.08. The molecule has 100 valence electrons. The molecule has 0 radical (unpaired) electrons. The highest BCUT2D eigenvalue weighted by molar-refractivity contribution is 7.78. The fraction of sp³-hybridized carbons (Fsp3) is 1.00. The molecule has 0 aromatic heterocycles. The topological polar surface area (TPSA) is 52.4 Å². The zero-order chi connectivity index (χ0) is 12.7. The Balaban J connectivity index is 2.47. The quantitative estimate of drug-likeness (QED) is 0.568. The van der Waals surface area contributed by atoms with Crippen molar-refractivity contribution in [3.8, 4) is 0 Å². The van der Waals surface area contributed by atoms with Crippen molar-refractivity contribution in [3.05, 3.63) is 0 Å². The second kappa shape index (κ2) is 4.42. The highest BCUT2D eigenvalue weighted by atomic mass is 31.3. The van der Waals surface area contributed by atoms with Gasteiger partial charge in [-0.3, -0.25) is 0 Å². The molecule has 0 aromatic rings. The number of hydrogen-bond donors (Lipinski definition) is 1. The van der Waals surface area contributed by atoms with E-state index in [1.54, 1.807) is 0 Å². The summed E-state index contributed by atoms with van der Waals surface area (Å²) >= 11 is 0. The van der Waals surface area contributed by atoms with Gasteiger partial charge in [-0.2, -0.15) is 4.20 Å². The molecule has 0 aliphatic carbocycles. The zero-order valence-electron chi connectivity index (χ0n) is 8.35. The number of hydrogen-bond acceptors (Lipinski definition) is 5. The van der Waals surface area contributed by atoms with Crippen LogP contribution in [-0.4, -0.2) is 30.8 Å². The molecule has 0 amide bonds. The zero-order valence-corrected chi connectivity index (χ0v) is 11.0. The molecule has 2 heterocycles. The molecule has 1 saturated heterocycles. The summed E-state index contributed by atoms with van der Waals surface area (Å²) in [4.78, 5) is 0. The van der Waals surface area contributed by atoms with Gasteiger partial charge in [0, 0.05) is 26.2 Å². The Labute approximate surface area is 94.8 Å². The molecule has 2 rings (SSSR count). The molecule has 0 aromatic carbocycles. The van der Waals surface area contributed by atoms with Crippen molar-refractivity contribution in [1.82, 2.24) is 9.99 Å². The summed E-state index contributed by atoms with van der Waals surface area (Å²) in [6.45, 7) is 0.748. The first-order valence-electron chi connectivity index (χ1n) is 4.58. The SMILES string of the molecule is FP1(F)=NP(F)(F)=NP(F)(N2CCNCC2)=N1. The van der Waals surface area contributed by atoms with Crippen molar-refractivity contribution in [2.24, 2.45) is 13.5 Å². The summed E-state index contributed by atoms with van der Waals surface area (Å²) in [5, 5.41) is 2.86. The van der Waals surface area contributed by atoms with Gasteiger partial charge in [0.1, 0.15) is 0 Å². The van der Waals surface area contributed by atoms with Crippen LogP contribution in [0.3, 0.4) is 0 Å². The minimum absolute atomic E-state index is 0.0390. The Kier molecular flexibility index (Phi) is 3.56. The van der Waals surface area contributed by atoms with E-state index in [-0.39, 0.29) is 13.1 Å². The van der Waals surface area contributed by atoms with Gasteiger partial charge < -0.3 is 5.32 Å². The van der Waals surface area contributed by atoms with Gasteiger partial charge in [-0.25, -0.2) is 4.67 Å². The molecule has 2 aliphatic heterocycles. The molecule has 0 bridgehead atoms. The maximum Gasteiger partial charge on any atom is 0.424 e. The predicted octanol–water partition coefficient (Wildman–Crippen LogP) is 4.59. The van der Waals surface area contributed by atoms with Gasteiger partial charge in [0.05, 0.1) is 0 Å². The van der Waals surface area contributed by atoms with Crippen molar-refractivity contribution in [1.29, 1.82) is 0 Å². The average molecular weight is 315 g/mol. The highest BCUT2D eigenvalue weighted by Gasteiger charge is 2.42. The highest BCUT2D eigenvalue weighted by Crippen LogP contribution is 2.82. The van der Waals surface area contributed by atoms with Gasteiger partial charge in [-0.1, -0.05) is 0 Å². The van der Waals surface area contributed by atoms with E-state index in [4.69, 9.17) is 0 Å². The van der Waals surface area contributed by atoms with Crippen LogP contribution >= 0.6 is 23.3 Å². The molecule has 1 atom stereocenters. The van der Waals surface area contributed by atoms with Crippen molar-refractivity contribution in [3.63, 3.8) is 0 Å². The minimum Gasteiger partial charge on any atom is -0.314 e. The van der Waals surface area contributed by atoms with E-state index in [0.29, 0.717) is 13.1 Å². The summed E-state index contributed by atoms with van der Waals surface area (Å²) in [6.07, 6.45) is 0. The van der Waals surface area contributed by atoms with E-state index < -0.39 is 23.3 Å². The van der Waals surface area contributed by atoms with Gasteiger partial charge >= 0.3 is 23.3 Å². The molecule has 17 heavy (non-hydrogen) atoms. The number of nitrogens with one attached hydrogen (secondary N) is 1. The van der Waals surface area contributed by atoms with E-state index in [1.165, 1.54) is 0 Å². The van der Waals surface area contributed by atoms with Crippen LogP contribution in [0.15, 0.2) is 13.5 Å². The third-order valence-electron chi connectivity index (χ3n) is 2.11. The lowest BCUT2D eigenvalue weighted by molar-refractivity contribution is 0.367. The van der Waals surface area contributed by atoms with Crippen LogP contribution in [0.1, 0.15) is 0 Å². The smallest absolute Gasteiger partial charge is 0.314 e. The van der Waals surface area contributed by atoms with Crippen LogP contribution in [0.2, 0.25) is 0 Å². The Hall–Kier alpha value is 0.260. The molecule has 1 unspecified atom stereocenters. The van der Waals surface area contributed by atoms with Gasteiger partial charge in [-0.05, 0) is 0 Å². The van der Waals surface area contributed by atoms with Crippen LogP contribution in [0.5, 0.6) is 0 Å². The van der Waals surface area contributed by atoms with Crippen molar-refractivity contribution < 1.29 is 21.0 Å². The molecular formula is C4H9F5N5P3. The summed E-state index contributed by atoms with van der Waals surface area (Å²) in [5.74, 6) is 0. The molecule has 1 fully saturated rings. The summed E-state index contributed by atoms with van der Waals surface area (Å²) < 4.78 is 74.1. The monoisotopic (exact) mass is 315 g/mol. The van der Waals surface area contributed by atoms with Crippen molar-refractivity contribution >= 4 is 23.3 Å². The first-order chi connectivity index (χ1) is 7.73. The fourth-order valence-electron chi connectivity index (χ4n) is 1.48. The average Bonchev–Trinajstić information content (AvgIpc) is 2.13. The molecular weight excluding hydrogens is 306 g/mol. The van der Waals surface area contributed by atoms with E-state index >= 15 is 0 Å². The lowest BCUT2D eigenvalue weighted by Gasteiger charge is -2.31. The molecule has 13 heteroatoms. The Bertz CT molecular complexity index is 464. The number of nitrogens with zero attached hydrogens (tertiary/aromatic N) is 4. The number of piperazine rings is 1. The second-order valence-electron chi connectivity index (χ2n) is 3.38. The van der Waals surface area contributed by atoms with Crippen LogP contribution in [-0.2, 0) is 0 Å². The van der Waals surface area contributed by atoms with Crippen LogP contribution < -0.4 is 5.32 Å². The maximum absolute atomic E-state index is 14.2. The summed E-state index contributed by atoms with van der Waals surface area (Å²) in [6, 6.07) is 0. The Morgan fingerprint density at radius 1 is 0.824 bits per heavy atom. The van der Waals surface area contributed by atoms with E-state index in [9.17, 15) is 21.0 Å². The maximum atomic E-state index is 14.2. The predicted molar refractivity (Wildman–Crippen MR) is 58.0 cm³/mol. The van der Waals surface area contributed by atoms with E-state index in [2.05, 4.69) is 14.3 Å². The number of halogens is 5. The molecule has 0 spiro atoms. The summed E-state index contributed by atoms with van der Waals surface area (Å²) in [5.41, 5.74) is 0. The first kappa shape index (κ1) is 13.7.